The first-order chi connectivity index (χ1) is 10.3. The molecule has 2 aromatic heterocycles. The van der Waals surface area contributed by atoms with Crippen molar-refractivity contribution in [1.29, 1.82) is 0 Å². The Labute approximate surface area is 133 Å². The van der Waals surface area contributed by atoms with Crippen LogP contribution in [0.5, 0.6) is 0 Å². The fourth-order valence-electron chi connectivity index (χ4n) is 2.18. The topological polar surface area (TPSA) is 25.8 Å². The van der Waals surface area contributed by atoms with Gasteiger partial charge in [0.15, 0.2) is 0 Å². The van der Waals surface area contributed by atoms with Gasteiger partial charge in [-0.05, 0) is 24.1 Å². The number of benzene rings is 1. The molecule has 0 aliphatic carbocycles. The Morgan fingerprint density at radius 1 is 1.00 bits per heavy atom. The Hall–Kier alpha value is -1.71. The van der Waals surface area contributed by atoms with Gasteiger partial charge in [0, 0.05) is 28.4 Å². The summed E-state index contributed by atoms with van der Waals surface area (Å²) in [6, 6.07) is 12.5. The van der Waals surface area contributed by atoms with E-state index in [1.54, 1.807) is 23.7 Å². The minimum Gasteiger partial charge on any atom is -0.265 e. The van der Waals surface area contributed by atoms with Gasteiger partial charge in [0.25, 0.3) is 0 Å². The average molecular weight is 315 g/mol. The van der Waals surface area contributed by atoms with Crippen molar-refractivity contribution in [3.8, 4) is 21.8 Å². The molecule has 2 heterocycles. The lowest BCUT2D eigenvalue weighted by molar-refractivity contribution is 1.14. The molecule has 0 atom stereocenters. The van der Waals surface area contributed by atoms with Crippen LogP contribution in [0.4, 0.5) is 0 Å². The van der Waals surface area contributed by atoms with Gasteiger partial charge in [-0.25, -0.2) is 4.98 Å². The van der Waals surface area contributed by atoms with Crippen LogP contribution in [-0.2, 0) is 12.3 Å². The molecule has 106 valence electrons. The van der Waals surface area contributed by atoms with E-state index in [1.807, 2.05) is 12.1 Å². The molecule has 0 bridgehead atoms. The molecular formula is C17H15ClN2S. The Kier molecular flexibility index (Phi) is 4.32. The van der Waals surface area contributed by atoms with Crippen LogP contribution in [0.2, 0.25) is 0 Å². The van der Waals surface area contributed by atoms with E-state index in [2.05, 4.69) is 36.2 Å². The Balaban J connectivity index is 2.03. The number of hydrogen-bond donors (Lipinski definition) is 0. The van der Waals surface area contributed by atoms with Gasteiger partial charge in [-0.2, -0.15) is 0 Å². The molecule has 0 unspecified atom stereocenters. The van der Waals surface area contributed by atoms with E-state index in [0.717, 1.165) is 33.1 Å². The van der Waals surface area contributed by atoms with E-state index in [0.29, 0.717) is 5.88 Å². The summed E-state index contributed by atoms with van der Waals surface area (Å²) in [6.07, 6.45) is 4.61. The number of aryl methyl sites for hydroxylation is 1. The van der Waals surface area contributed by atoms with E-state index in [1.165, 1.54) is 5.56 Å². The van der Waals surface area contributed by atoms with E-state index in [4.69, 9.17) is 16.6 Å². The fourth-order valence-corrected chi connectivity index (χ4v) is 3.41. The van der Waals surface area contributed by atoms with Crippen LogP contribution in [0, 0.1) is 0 Å². The van der Waals surface area contributed by atoms with Crippen LogP contribution in [0.25, 0.3) is 21.8 Å². The van der Waals surface area contributed by atoms with Crippen LogP contribution in [0.1, 0.15) is 17.4 Å². The second-order valence-electron chi connectivity index (χ2n) is 4.71. The van der Waals surface area contributed by atoms with Crippen molar-refractivity contribution in [1.82, 2.24) is 9.97 Å². The lowest BCUT2D eigenvalue weighted by Gasteiger charge is -2.01. The van der Waals surface area contributed by atoms with Gasteiger partial charge in [0.05, 0.1) is 11.6 Å². The van der Waals surface area contributed by atoms with Crippen molar-refractivity contribution in [2.45, 2.75) is 19.2 Å². The zero-order chi connectivity index (χ0) is 14.7. The quantitative estimate of drug-likeness (QED) is 0.621. The second-order valence-corrected chi connectivity index (χ2v) is 6.06. The molecule has 0 fully saturated rings. The minimum atomic E-state index is 0.480. The summed E-state index contributed by atoms with van der Waals surface area (Å²) < 4.78 is 0. The molecule has 2 nitrogen and oxygen atoms in total. The number of hydrogen-bond acceptors (Lipinski definition) is 3. The minimum absolute atomic E-state index is 0.480. The van der Waals surface area contributed by atoms with Crippen molar-refractivity contribution in [2.75, 3.05) is 0 Å². The van der Waals surface area contributed by atoms with Crippen LogP contribution in [0.3, 0.4) is 0 Å². The standard InChI is InChI=1S/C17H15ClN2S/c1-2-12-3-5-13(6-4-12)16-15(11-18)21-17(20-16)14-7-9-19-10-8-14/h3-10H,2,11H2,1H3. The highest BCUT2D eigenvalue weighted by atomic mass is 35.5. The highest BCUT2D eigenvalue weighted by Crippen LogP contribution is 2.34. The Morgan fingerprint density at radius 3 is 2.33 bits per heavy atom. The summed E-state index contributed by atoms with van der Waals surface area (Å²) in [7, 11) is 0. The number of alkyl halides is 1. The molecule has 0 N–H and O–H groups in total. The van der Waals surface area contributed by atoms with Gasteiger partial charge in [-0.15, -0.1) is 22.9 Å². The lowest BCUT2D eigenvalue weighted by Crippen LogP contribution is -1.85. The highest BCUT2D eigenvalue weighted by Gasteiger charge is 2.13. The maximum atomic E-state index is 6.10. The SMILES string of the molecule is CCc1ccc(-c2nc(-c3ccncc3)sc2CCl)cc1. The summed E-state index contributed by atoms with van der Waals surface area (Å²) in [5.41, 5.74) is 4.53. The molecule has 0 saturated heterocycles. The van der Waals surface area contributed by atoms with E-state index in [-0.39, 0.29) is 0 Å². The zero-order valence-corrected chi connectivity index (χ0v) is 13.3. The van der Waals surface area contributed by atoms with Gasteiger partial charge >= 0.3 is 0 Å². The number of halogens is 1. The van der Waals surface area contributed by atoms with E-state index in [9.17, 15) is 0 Å². The fraction of sp³-hybridized carbons (Fsp3) is 0.176. The van der Waals surface area contributed by atoms with Crippen LogP contribution in [-0.4, -0.2) is 9.97 Å². The van der Waals surface area contributed by atoms with Gasteiger partial charge < -0.3 is 0 Å². The summed E-state index contributed by atoms with van der Waals surface area (Å²) >= 11 is 7.75. The van der Waals surface area contributed by atoms with Crippen LogP contribution in [0.15, 0.2) is 48.8 Å². The van der Waals surface area contributed by atoms with E-state index >= 15 is 0 Å². The maximum Gasteiger partial charge on any atom is 0.124 e. The lowest BCUT2D eigenvalue weighted by atomic mass is 10.1. The first-order valence-electron chi connectivity index (χ1n) is 6.87. The molecule has 0 saturated carbocycles. The smallest absolute Gasteiger partial charge is 0.124 e. The Morgan fingerprint density at radius 2 is 1.71 bits per heavy atom. The molecule has 0 radical (unpaired) electrons. The predicted molar refractivity (Wildman–Crippen MR) is 89.7 cm³/mol. The van der Waals surface area contributed by atoms with Crippen molar-refractivity contribution in [3.63, 3.8) is 0 Å². The summed E-state index contributed by atoms with van der Waals surface area (Å²) in [5, 5.41) is 0.989. The molecule has 3 aromatic rings. The molecule has 21 heavy (non-hydrogen) atoms. The molecular weight excluding hydrogens is 300 g/mol. The molecule has 0 spiro atoms. The molecule has 0 aliphatic heterocycles. The number of pyridine rings is 1. The second kappa shape index (κ2) is 6.37. The average Bonchev–Trinajstić information content (AvgIpc) is 3.00. The third-order valence-corrected chi connectivity index (χ3v) is 4.91. The summed E-state index contributed by atoms with van der Waals surface area (Å²) in [4.78, 5) is 9.94. The molecule has 0 amide bonds. The van der Waals surface area contributed by atoms with Gasteiger partial charge in [-0.3, -0.25) is 4.98 Å². The third kappa shape index (κ3) is 2.99. The number of aromatic nitrogens is 2. The predicted octanol–water partition coefficient (Wildman–Crippen LogP) is 5.17. The van der Waals surface area contributed by atoms with Crippen LogP contribution < -0.4 is 0 Å². The van der Waals surface area contributed by atoms with Crippen molar-refractivity contribution >= 4 is 22.9 Å². The molecule has 0 aliphatic rings. The number of thiazole rings is 1. The van der Waals surface area contributed by atoms with Crippen LogP contribution >= 0.6 is 22.9 Å². The first-order valence-corrected chi connectivity index (χ1v) is 8.22. The van der Waals surface area contributed by atoms with Gasteiger partial charge in [0.1, 0.15) is 5.01 Å². The third-order valence-electron chi connectivity index (χ3n) is 3.38. The molecule has 1 aromatic carbocycles. The first kappa shape index (κ1) is 14.2. The highest BCUT2D eigenvalue weighted by molar-refractivity contribution is 7.15. The Bertz CT molecular complexity index is 720. The van der Waals surface area contributed by atoms with Gasteiger partial charge in [-0.1, -0.05) is 31.2 Å². The normalized spacial score (nSPS) is 10.8. The van der Waals surface area contributed by atoms with Crippen molar-refractivity contribution in [3.05, 3.63) is 59.2 Å². The van der Waals surface area contributed by atoms with Crippen molar-refractivity contribution < 1.29 is 0 Å². The monoisotopic (exact) mass is 314 g/mol. The summed E-state index contributed by atoms with van der Waals surface area (Å²) in [6.45, 7) is 2.16. The molecule has 3 rings (SSSR count). The van der Waals surface area contributed by atoms with Crippen molar-refractivity contribution in [2.24, 2.45) is 0 Å². The number of nitrogens with zero attached hydrogens (tertiary/aromatic N) is 2. The maximum absolute atomic E-state index is 6.10. The zero-order valence-electron chi connectivity index (χ0n) is 11.7. The molecule has 4 heteroatoms. The number of rotatable bonds is 4. The van der Waals surface area contributed by atoms with E-state index < -0.39 is 0 Å². The summed E-state index contributed by atoms with van der Waals surface area (Å²) in [5.74, 6) is 0.480. The largest absolute Gasteiger partial charge is 0.265 e. The van der Waals surface area contributed by atoms with Gasteiger partial charge in [0.2, 0.25) is 0 Å².